The molecule has 0 heterocycles. The monoisotopic (exact) mass is 276 g/mol. The molecule has 0 aliphatic carbocycles. The highest BCUT2D eigenvalue weighted by molar-refractivity contribution is 7.97. The van der Waals surface area contributed by atoms with E-state index in [0.717, 1.165) is 5.56 Å². The van der Waals surface area contributed by atoms with Gasteiger partial charge in [-0.05, 0) is 29.3 Å². The van der Waals surface area contributed by atoms with Gasteiger partial charge in [-0.15, -0.1) is 0 Å². The molecule has 0 saturated carbocycles. The Balaban J connectivity index is 1.94. The summed E-state index contributed by atoms with van der Waals surface area (Å²) in [5.74, 6) is 0.106. The summed E-state index contributed by atoms with van der Waals surface area (Å²) < 4.78 is 13.4. The van der Waals surface area contributed by atoms with E-state index in [2.05, 4.69) is 0 Å². The highest BCUT2D eigenvalue weighted by atomic mass is 32.2. The molecule has 0 aromatic heterocycles. The number of hydrogen-bond acceptors (Lipinski definition) is 2. The topological polar surface area (TPSA) is 37.3 Å². The number of halogens is 1. The van der Waals surface area contributed by atoms with Crippen LogP contribution in [0.4, 0.5) is 4.39 Å². The Morgan fingerprint density at radius 2 is 1.89 bits per heavy atom. The van der Waals surface area contributed by atoms with Crippen molar-refractivity contribution in [2.45, 2.75) is 11.5 Å². The minimum atomic E-state index is -0.930. The fraction of sp³-hybridized carbons (Fsp3) is 0.133. The second-order valence-corrected chi connectivity index (χ2v) is 5.08. The van der Waals surface area contributed by atoms with E-state index in [1.165, 1.54) is 6.07 Å². The highest BCUT2D eigenvalue weighted by Gasteiger charge is 2.04. The third-order valence-electron chi connectivity index (χ3n) is 2.66. The van der Waals surface area contributed by atoms with E-state index >= 15 is 0 Å². The second kappa shape index (κ2) is 6.38. The number of rotatable bonds is 5. The lowest BCUT2D eigenvalue weighted by Gasteiger charge is -2.04. The van der Waals surface area contributed by atoms with Crippen molar-refractivity contribution in [1.82, 2.24) is 0 Å². The first-order valence-electron chi connectivity index (χ1n) is 5.80. The molecule has 2 aromatic rings. The molecule has 2 aromatic carbocycles. The molecule has 0 atom stereocenters. The van der Waals surface area contributed by atoms with E-state index < -0.39 is 5.97 Å². The summed E-state index contributed by atoms with van der Waals surface area (Å²) >= 11 is 1.56. The zero-order chi connectivity index (χ0) is 13.7. The summed E-state index contributed by atoms with van der Waals surface area (Å²) in [6, 6.07) is 13.5. The summed E-state index contributed by atoms with van der Waals surface area (Å²) in [6.07, 6.45) is 0. The first-order valence-corrected chi connectivity index (χ1v) is 6.95. The molecule has 98 valence electrons. The van der Waals surface area contributed by atoms with Crippen molar-refractivity contribution in [1.29, 1.82) is 0 Å². The van der Waals surface area contributed by atoms with Gasteiger partial charge in [0, 0.05) is 11.5 Å². The van der Waals surface area contributed by atoms with Crippen molar-refractivity contribution in [3.63, 3.8) is 0 Å². The molecule has 2 rings (SSSR count). The number of carboxylic acids is 1. The van der Waals surface area contributed by atoms with Crippen LogP contribution in [0.5, 0.6) is 0 Å². The van der Waals surface area contributed by atoms with Crippen LogP contribution < -0.4 is 0 Å². The van der Waals surface area contributed by atoms with Crippen LogP contribution in [0.25, 0.3) is 0 Å². The molecule has 1 N–H and O–H groups in total. The van der Waals surface area contributed by atoms with Crippen molar-refractivity contribution in [2.75, 3.05) is 0 Å². The van der Waals surface area contributed by atoms with Crippen LogP contribution in [-0.2, 0) is 11.5 Å². The highest BCUT2D eigenvalue weighted by Crippen LogP contribution is 2.20. The summed E-state index contributed by atoms with van der Waals surface area (Å²) in [5.41, 5.74) is 1.88. The molecule has 19 heavy (non-hydrogen) atoms. The Hall–Kier alpha value is -1.81. The second-order valence-electron chi connectivity index (χ2n) is 4.09. The third kappa shape index (κ3) is 3.83. The maximum Gasteiger partial charge on any atom is 0.335 e. The van der Waals surface area contributed by atoms with E-state index in [9.17, 15) is 9.18 Å². The number of thioether (sulfide) groups is 1. The van der Waals surface area contributed by atoms with E-state index in [4.69, 9.17) is 5.11 Å². The van der Waals surface area contributed by atoms with Gasteiger partial charge in [-0.1, -0.05) is 30.3 Å². The largest absolute Gasteiger partial charge is 0.478 e. The first kappa shape index (κ1) is 13.6. The fourth-order valence-corrected chi connectivity index (χ4v) is 2.66. The Morgan fingerprint density at radius 3 is 2.63 bits per heavy atom. The molecular formula is C15H13FO2S. The smallest absolute Gasteiger partial charge is 0.335 e. The normalized spacial score (nSPS) is 10.4. The molecule has 0 unspecified atom stereocenters. The number of aromatic carboxylic acids is 1. The molecule has 0 radical (unpaired) electrons. The molecule has 4 heteroatoms. The van der Waals surface area contributed by atoms with Crippen LogP contribution in [0.15, 0.2) is 48.5 Å². The van der Waals surface area contributed by atoms with Gasteiger partial charge in [0.2, 0.25) is 0 Å². The number of hydrogen-bond donors (Lipinski definition) is 1. The minimum absolute atomic E-state index is 0.200. The van der Waals surface area contributed by atoms with Gasteiger partial charge >= 0.3 is 5.97 Å². The zero-order valence-electron chi connectivity index (χ0n) is 10.2. The van der Waals surface area contributed by atoms with Gasteiger partial charge in [-0.25, -0.2) is 9.18 Å². The molecule has 0 amide bonds. The van der Waals surface area contributed by atoms with Gasteiger partial charge in [-0.3, -0.25) is 0 Å². The lowest BCUT2D eigenvalue weighted by atomic mass is 10.1. The van der Waals surface area contributed by atoms with Gasteiger partial charge < -0.3 is 5.11 Å². The van der Waals surface area contributed by atoms with Gasteiger partial charge in [0.05, 0.1) is 5.56 Å². The third-order valence-corrected chi connectivity index (χ3v) is 3.71. The van der Waals surface area contributed by atoms with Gasteiger partial charge in [0.1, 0.15) is 5.82 Å². The number of benzene rings is 2. The summed E-state index contributed by atoms with van der Waals surface area (Å²) in [7, 11) is 0. The Bertz CT molecular complexity index is 584. The molecule has 2 nitrogen and oxygen atoms in total. The van der Waals surface area contributed by atoms with Crippen LogP contribution in [-0.4, -0.2) is 11.1 Å². The first-order chi connectivity index (χ1) is 9.16. The van der Waals surface area contributed by atoms with Crippen molar-refractivity contribution in [2.24, 2.45) is 0 Å². The molecule has 0 bridgehead atoms. The van der Waals surface area contributed by atoms with Crippen LogP contribution in [0, 0.1) is 5.82 Å². The van der Waals surface area contributed by atoms with Crippen molar-refractivity contribution < 1.29 is 14.3 Å². The van der Waals surface area contributed by atoms with Crippen LogP contribution in [0.2, 0.25) is 0 Å². The number of carbonyl (C=O) groups is 1. The molecule has 0 spiro atoms. The van der Waals surface area contributed by atoms with E-state index in [1.807, 2.05) is 12.1 Å². The van der Waals surface area contributed by atoms with Crippen LogP contribution in [0.3, 0.4) is 0 Å². The van der Waals surface area contributed by atoms with Gasteiger partial charge in [-0.2, -0.15) is 11.8 Å². The number of carboxylic acid groups (broad SMARTS) is 1. The predicted molar refractivity (Wildman–Crippen MR) is 74.8 cm³/mol. The van der Waals surface area contributed by atoms with Gasteiger partial charge in [0.15, 0.2) is 0 Å². The average molecular weight is 276 g/mol. The van der Waals surface area contributed by atoms with E-state index in [-0.39, 0.29) is 11.4 Å². The Kier molecular flexibility index (Phi) is 4.58. The van der Waals surface area contributed by atoms with E-state index in [1.54, 1.807) is 42.1 Å². The molecule has 0 saturated heterocycles. The lowest BCUT2D eigenvalue weighted by Crippen LogP contribution is -1.96. The molecule has 0 aliphatic rings. The zero-order valence-corrected chi connectivity index (χ0v) is 11.0. The van der Waals surface area contributed by atoms with Crippen LogP contribution in [0.1, 0.15) is 21.5 Å². The fourth-order valence-electron chi connectivity index (χ4n) is 1.69. The SMILES string of the molecule is O=C(O)c1cccc(CSCc2ccccc2F)c1. The molecule has 0 aliphatic heterocycles. The molecule has 0 fully saturated rings. The Morgan fingerprint density at radius 1 is 1.11 bits per heavy atom. The van der Waals surface area contributed by atoms with Crippen molar-refractivity contribution in [3.8, 4) is 0 Å². The standard InChI is InChI=1S/C15H13FO2S/c16-14-7-2-1-5-13(14)10-19-9-11-4-3-6-12(8-11)15(17)18/h1-8H,9-10H2,(H,17,18). The summed E-state index contributed by atoms with van der Waals surface area (Å²) in [4.78, 5) is 10.8. The van der Waals surface area contributed by atoms with E-state index in [0.29, 0.717) is 17.1 Å². The summed E-state index contributed by atoms with van der Waals surface area (Å²) in [6.45, 7) is 0. The average Bonchev–Trinajstić information content (AvgIpc) is 2.41. The van der Waals surface area contributed by atoms with Crippen LogP contribution >= 0.6 is 11.8 Å². The maximum atomic E-state index is 13.4. The maximum absolute atomic E-state index is 13.4. The quantitative estimate of drug-likeness (QED) is 0.898. The summed E-state index contributed by atoms with van der Waals surface area (Å²) in [5, 5.41) is 8.89. The predicted octanol–water partition coefficient (Wildman–Crippen LogP) is 3.96. The molecular weight excluding hydrogens is 263 g/mol. The van der Waals surface area contributed by atoms with Crippen molar-refractivity contribution in [3.05, 3.63) is 71.0 Å². The van der Waals surface area contributed by atoms with Gasteiger partial charge in [0.25, 0.3) is 0 Å². The minimum Gasteiger partial charge on any atom is -0.478 e. The lowest BCUT2D eigenvalue weighted by molar-refractivity contribution is 0.0697. The Labute approximate surface area is 115 Å². The van der Waals surface area contributed by atoms with Crippen molar-refractivity contribution >= 4 is 17.7 Å².